The average molecular weight is 272 g/mol. The monoisotopic (exact) mass is 272 g/mol. The first-order valence-corrected chi connectivity index (χ1v) is 6.03. The van der Waals surface area contributed by atoms with Gasteiger partial charge in [-0.1, -0.05) is 6.07 Å². The minimum atomic E-state index is -4.55. The number of aryl methyl sites for hydroxylation is 2. The highest BCUT2D eigenvalue weighted by Gasteiger charge is 2.42. The summed E-state index contributed by atoms with van der Waals surface area (Å²) in [6.45, 7) is -0.655. The summed E-state index contributed by atoms with van der Waals surface area (Å²) in [5.74, 6) is -2.58. The van der Waals surface area contributed by atoms with Gasteiger partial charge in [-0.2, -0.15) is 13.2 Å². The van der Waals surface area contributed by atoms with E-state index in [9.17, 15) is 13.2 Å². The van der Waals surface area contributed by atoms with Crippen molar-refractivity contribution in [1.29, 1.82) is 5.41 Å². The fourth-order valence-corrected chi connectivity index (χ4v) is 2.18. The largest absolute Gasteiger partial charge is 0.492 e. The number of halogens is 3. The zero-order chi connectivity index (χ0) is 14.0. The van der Waals surface area contributed by atoms with Crippen LogP contribution in [0.1, 0.15) is 17.5 Å². The van der Waals surface area contributed by atoms with Crippen molar-refractivity contribution in [1.82, 2.24) is 0 Å². The molecule has 0 amide bonds. The van der Waals surface area contributed by atoms with E-state index in [1.165, 1.54) is 5.56 Å². The summed E-state index contributed by atoms with van der Waals surface area (Å²) in [6, 6.07) is 5.32. The number of hydrogen-bond acceptors (Lipinski definition) is 2. The SMILES string of the molecule is N=C(N)C(COc1ccc2c(c1)CCC2)C(F)(F)F. The van der Waals surface area contributed by atoms with E-state index in [2.05, 4.69) is 0 Å². The fraction of sp³-hybridized carbons (Fsp3) is 0.462. The van der Waals surface area contributed by atoms with Crippen molar-refractivity contribution in [2.45, 2.75) is 25.4 Å². The maximum absolute atomic E-state index is 12.6. The molecule has 1 atom stereocenters. The molecular weight excluding hydrogens is 257 g/mol. The lowest BCUT2D eigenvalue weighted by Crippen LogP contribution is -2.39. The predicted octanol–water partition coefficient (Wildman–Crippen LogP) is 2.67. The van der Waals surface area contributed by atoms with Crippen LogP contribution in [0.2, 0.25) is 0 Å². The molecule has 0 spiro atoms. The van der Waals surface area contributed by atoms with Crippen molar-refractivity contribution in [3.05, 3.63) is 29.3 Å². The second kappa shape index (κ2) is 5.11. The quantitative estimate of drug-likeness (QED) is 0.654. The molecule has 19 heavy (non-hydrogen) atoms. The predicted molar refractivity (Wildman–Crippen MR) is 65.4 cm³/mol. The number of rotatable bonds is 4. The van der Waals surface area contributed by atoms with E-state index < -0.39 is 24.5 Å². The standard InChI is InChI=1S/C13H15F3N2O/c14-13(15,16)11(12(17)18)7-19-10-5-4-8-2-1-3-9(8)6-10/h4-6,11H,1-3,7H2,(H3,17,18). The number of benzene rings is 1. The van der Waals surface area contributed by atoms with Gasteiger partial charge >= 0.3 is 6.18 Å². The molecule has 104 valence electrons. The molecule has 1 unspecified atom stereocenters. The lowest BCUT2D eigenvalue weighted by Gasteiger charge is -2.19. The topological polar surface area (TPSA) is 59.1 Å². The Balaban J connectivity index is 2.03. The van der Waals surface area contributed by atoms with Crippen molar-refractivity contribution in [3.8, 4) is 5.75 Å². The maximum atomic E-state index is 12.6. The molecule has 0 heterocycles. The van der Waals surface area contributed by atoms with Crippen molar-refractivity contribution in [3.63, 3.8) is 0 Å². The number of fused-ring (bicyclic) bond motifs is 1. The zero-order valence-corrected chi connectivity index (χ0v) is 10.3. The van der Waals surface area contributed by atoms with Gasteiger partial charge in [-0.05, 0) is 42.5 Å². The van der Waals surface area contributed by atoms with Crippen LogP contribution in [0.25, 0.3) is 0 Å². The molecular formula is C13H15F3N2O. The van der Waals surface area contributed by atoms with E-state index >= 15 is 0 Å². The number of alkyl halides is 3. The van der Waals surface area contributed by atoms with Crippen molar-refractivity contribution >= 4 is 5.84 Å². The summed E-state index contributed by atoms with van der Waals surface area (Å²) < 4.78 is 42.9. The van der Waals surface area contributed by atoms with Crippen LogP contribution in [-0.4, -0.2) is 18.6 Å². The number of hydrogen-bond donors (Lipinski definition) is 2. The second-order valence-electron chi connectivity index (χ2n) is 4.64. The van der Waals surface area contributed by atoms with E-state index in [4.69, 9.17) is 15.9 Å². The minimum absolute atomic E-state index is 0.399. The molecule has 2 rings (SSSR count). The molecule has 0 radical (unpaired) electrons. The van der Waals surface area contributed by atoms with Gasteiger partial charge in [0.25, 0.3) is 0 Å². The number of amidine groups is 1. The van der Waals surface area contributed by atoms with E-state index in [0.29, 0.717) is 5.75 Å². The molecule has 0 bridgehead atoms. The number of nitrogens with one attached hydrogen (secondary N) is 1. The fourth-order valence-electron chi connectivity index (χ4n) is 2.18. The summed E-state index contributed by atoms with van der Waals surface area (Å²) in [4.78, 5) is 0. The van der Waals surface area contributed by atoms with Gasteiger partial charge in [0.15, 0.2) is 0 Å². The second-order valence-corrected chi connectivity index (χ2v) is 4.64. The van der Waals surface area contributed by atoms with Crippen LogP contribution < -0.4 is 10.5 Å². The molecule has 0 fully saturated rings. The highest BCUT2D eigenvalue weighted by molar-refractivity contribution is 5.80. The number of ether oxygens (including phenoxy) is 1. The first-order chi connectivity index (χ1) is 8.88. The van der Waals surface area contributed by atoms with Gasteiger partial charge < -0.3 is 10.5 Å². The first-order valence-electron chi connectivity index (χ1n) is 6.03. The Bertz CT molecular complexity index is 485. The molecule has 1 aromatic rings. The maximum Gasteiger partial charge on any atom is 0.401 e. The van der Waals surface area contributed by atoms with Crippen molar-refractivity contribution in [2.75, 3.05) is 6.61 Å². The molecule has 3 nitrogen and oxygen atoms in total. The molecule has 3 N–H and O–H groups in total. The first kappa shape index (κ1) is 13.7. The van der Waals surface area contributed by atoms with Crippen molar-refractivity contribution in [2.24, 2.45) is 11.7 Å². The van der Waals surface area contributed by atoms with Gasteiger partial charge in [0.2, 0.25) is 0 Å². The Labute approximate surface area is 109 Å². The Morgan fingerprint density at radius 2 is 2.00 bits per heavy atom. The third-order valence-electron chi connectivity index (χ3n) is 3.26. The lowest BCUT2D eigenvalue weighted by molar-refractivity contribution is -0.162. The van der Waals surface area contributed by atoms with Crippen LogP contribution in [0.4, 0.5) is 13.2 Å². The normalized spacial score (nSPS) is 15.9. The molecule has 1 aliphatic rings. The molecule has 0 aliphatic heterocycles. The van der Waals surface area contributed by atoms with Gasteiger partial charge in [-0.3, -0.25) is 5.41 Å². The number of nitrogens with two attached hydrogens (primary N) is 1. The smallest absolute Gasteiger partial charge is 0.401 e. The minimum Gasteiger partial charge on any atom is -0.492 e. The highest BCUT2D eigenvalue weighted by Crippen LogP contribution is 2.29. The molecule has 0 saturated carbocycles. The average Bonchev–Trinajstić information content (AvgIpc) is 2.73. The van der Waals surface area contributed by atoms with Gasteiger partial charge in [0, 0.05) is 0 Å². The molecule has 1 aliphatic carbocycles. The molecule has 0 saturated heterocycles. The van der Waals surface area contributed by atoms with Gasteiger partial charge in [-0.15, -0.1) is 0 Å². The molecule has 0 aromatic heterocycles. The van der Waals surface area contributed by atoms with Crippen LogP contribution in [0.15, 0.2) is 18.2 Å². The van der Waals surface area contributed by atoms with Gasteiger partial charge in [-0.25, -0.2) is 0 Å². The van der Waals surface area contributed by atoms with E-state index in [0.717, 1.165) is 24.8 Å². The van der Waals surface area contributed by atoms with Gasteiger partial charge in [0.05, 0.1) is 0 Å². The highest BCUT2D eigenvalue weighted by atomic mass is 19.4. The van der Waals surface area contributed by atoms with E-state index in [1.54, 1.807) is 12.1 Å². The summed E-state index contributed by atoms with van der Waals surface area (Å²) in [5, 5.41) is 6.97. The Hall–Kier alpha value is -1.72. The Morgan fingerprint density at radius 1 is 1.32 bits per heavy atom. The van der Waals surface area contributed by atoms with Crippen LogP contribution in [0.3, 0.4) is 0 Å². The van der Waals surface area contributed by atoms with Crippen LogP contribution in [0, 0.1) is 11.3 Å². The molecule has 1 aromatic carbocycles. The molecule has 6 heteroatoms. The lowest BCUT2D eigenvalue weighted by atomic mass is 10.1. The third-order valence-corrected chi connectivity index (χ3v) is 3.26. The Morgan fingerprint density at radius 3 is 2.63 bits per heavy atom. The van der Waals surface area contributed by atoms with Crippen LogP contribution in [-0.2, 0) is 12.8 Å². The summed E-state index contributed by atoms with van der Waals surface area (Å²) in [5.41, 5.74) is 7.32. The zero-order valence-electron chi connectivity index (χ0n) is 10.3. The van der Waals surface area contributed by atoms with Crippen LogP contribution >= 0.6 is 0 Å². The summed E-state index contributed by atoms with van der Waals surface area (Å²) in [7, 11) is 0. The summed E-state index contributed by atoms with van der Waals surface area (Å²) in [6.07, 6.45) is -1.55. The van der Waals surface area contributed by atoms with Crippen molar-refractivity contribution < 1.29 is 17.9 Å². The van der Waals surface area contributed by atoms with E-state index in [1.807, 2.05) is 6.07 Å². The van der Waals surface area contributed by atoms with Crippen LogP contribution in [0.5, 0.6) is 5.75 Å². The van der Waals surface area contributed by atoms with E-state index in [-0.39, 0.29) is 0 Å². The van der Waals surface area contributed by atoms with Gasteiger partial charge in [0.1, 0.15) is 24.1 Å². The third kappa shape index (κ3) is 3.19. The Kier molecular flexibility index (Phi) is 3.68. The summed E-state index contributed by atoms with van der Waals surface area (Å²) >= 11 is 0.